The van der Waals surface area contributed by atoms with Gasteiger partial charge in [-0.1, -0.05) is 56.3 Å². The number of hydrogen-bond donors (Lipinski definition) is 0. The molecule has 0 unspecified atom stereocenters. The van der Waals surface area contributed by atoms with Crippen LogP contribution >= 0.6 is 0 Å². The Morgan fingerprint density at radius 1 is 0.933 bits per heavy atom. The Morgan fingerprint density at radius 2 is 1.53 bits per heavy atom. The molecule has 0 amide bonds. The first kappa shape index (κ1) is 12.5. The van der Waals surface area contributed by atoms with Gasteiger partial charge < -0.3 is 0 Å². The van der Waals surface area contributed by atoms with Crippen LogP contribution in [0.2, 0.25) is 0 Å². The van der Waals surface area contributed by atoms with Gasteiger partial charge in [0.1, 0.15) is 0 Å². The maximum absolute atomic E-state index is 3.84. The highest BCUT2D eigenvalue weighted by atomic mass is 14.0. The van der Waals surface area contributed by atoms with Crippen LogP contribution in [0.1, 0.15) is 70.6 Å². The normalized spacial score (nSPS) is 24.4. The van der Waals surface area contributed by atoms with Gasteiger partial charge in [0.05, 0.1) is 0 Å². The molecule has 1 aliphatic rings. The third-order valence-electron chi connectivity index (χ3n) is 3.29. The monoisotopic (exact) mass is 206 g/mol. The maximum atomic E-state index is 3.84. The van der Waals surface area contributed by atoms with E-state index in [1.165, 1.54) is 64.2 Å². The van der Waals surface area contributed by atoms with Crippen LogP contribution in [0.4, 0.5) is 0 Å². The van der Waals surface area contributed by atoms with Crippen LogP contribution in [-0.2, 0) is 0 Å². The van der Waals surface area contributed by atoms with E-state index in [-0.39, 0.29) is 0 Å². The molecule has 0 N–H and O–H groups in total. The molecule has 0 atom stereocenters. The van der Waals surface area contributed by atoms with Crippen molar-refractivity contribution >= 4 is 0 Å². The minimum atomic E-state index is 1.11. The topological polar surface area (TPSA) is 0 Å². The molecule has 0 heteroatoms. The lowest BCUT2D eigenvalue weighted by Crippen LogP contribution is -1.88. The molecule has 0 aliphatic heterocycles. The summed E-state index contributed by atoms with van der Waals surface area (Å²) in [5.41, 5.74) is 1.63. The van der Waals surface area contributed by atoms with Gasteiger partial charge in [-0.25, -0.2) is 0 Å². The van der Waals surface area contributed by atoms with Crippen molar-refractivity contribution in [1.29, 1.82) is 0 Å². The standard InChI is InChI=1S/C15H26/c1-2-12-15-13-10-8-6-4-3-5-7-9-11-14-15/h2,13H,1,3-12,14H2/b15-13-. The Bertz CT molecular complexity index is 188. The van der Waals surface area contributed by atoms with Crippen LogP contribution in [0.25, 0.3) is 0 Å². The van der Waals surface area contributed by atoms with Crippen molar-refractivity contribution in [3.8, 4) is 0 Å². The highest BCUT2D eigenvalue weighted by molar-refractivity contribution is 5.06. The second-order valence-corrected chi connectivity index (χ2v) is 4.72. The first-order chi connectivity index (χ1) is 7.43. The molecule has 0 fully saturated rings. The summed E-state index contributed by atoms with van der Waals surface area (Å²) in [6.45, 7) is 3.84. The molecule has 0 aromatic heterocycles. The van der Waals surface area contributed by atoms with Crippen molar-refractivity contribution in [2.45, 2.75) is 70.6 Å². The molecule has 15 heavy (non-hydrogen) atoms. The van der Waals surface area contributed by atoms with Crippen molar-refractivity contribution < 1.29 is 0 Å². The van der Waals surface area contributed by atoms with E-state index in [1.807, 2.05) is 0 Å². The summed E-state index contributed by atoms with van der Waals surface area (Å²) in [6.07, 6.45) is 19.7. The van der Waals surface area contributed by atoms with Gasteiger partial charge >= 0.3 is 0 Å². The van der Waals surface area contributed by atoms with Gasteiger partial charge in [-0.3, -0.25) is 0 Å². The predicted octanol–water partition coefficient (Wildman–Crippen LogP) is 5.40. The molecule has 0 heterocycles. The molecule has 0 nitrogen and oxygen atoms in total. The van der Waals surface area contributed by atoms with E-state index in [0.717, 1.165) is 6.42 Å². The molecule has 1 aliphatic carbocycles. The second kappa shape index (κ2) is 8.76. The smallest absolute Gasteiger partial charge is 0.0142 e. The highest BCUT2D eigenvalue weighted by Crippen LogP contribution is 2.18. The molecular weight excluding hydrogens is 180 g/mol. The summed E-state index contributed by atoms with van der Waals surface area (Å²) in [4.78, 5) is 0. The van der Waals surface area contributed by atoms with Gasteiger partial charge in [-0.2, -0.15) is 0 Å². The van der Waals surface area contributed by atoms with Gasteiger partial charge in [-0.05, 0) is 32.1 Å². The molecule has 0 aromatic rings. The summed E-state index contributed by atoms with van der Waals surface area (Å²) in [7, 11) is 0. The van der Waals surface area contributed by atoms with Crippen molar-refractivity contribution in [3.63, 3.8) is 0 Å². The zero-order chi connectivity index (χ0) is 10.8. The van der Waals surface area contributed by atoms with Crippen LogP contribution in [0, 0.1) is 0 Å². The first-order valence-electron chi connectivity index (χ1n) is 6.72. The van der Waals surface area contributed by atoms with Crippen molar-refractivity contribution in [1.82, 2.24) is 0 Å². The molecule has 0 bridgehead atoms. The number of hydrogen-bond acceptors (Lipinski definition) is 0. The average Bonchev–Trinajstić information content (AvgIpc) is 2.22. The van der Waals surface area contributed by atoms with Gasteiger partial charge in [-0.15, -0.1) is 6.58 Å². The highest BCUT2D eigenvalue weighted by Gasteiger charge is 1.98. The van der Waals surface area contributed by atoms with Crippen LogP contribution in [0.3, 0.4) is 0 Å². The average molecular weight is 206 g/mol. The molecule has 0 saturated heterocycles. The van der Waals surface area contributed by atoms with Crippen molar-refractivity contribution in [2.75, 3.05) is 0 Å². The molecule has 0 saturated carbocycles. The minimum Gasteiger partial charge on any atom is -0.103 e. The predicted molar refractivity (Wildman–Crippen MR) is 69.1 cm³/mol. The van der Waals surface area contributed by atoms with Gasteiger partial charge in [0.25, 0.3) is 0 Å². The lowest BCUT2D eigenvalue weighted by atomic mass is 9.99. The molecule has 0 radical (unpaired) electrons. The lowest BCUT2D eigenvalue weighted by molar-refractivity contribution is 0.561. The van der Waals surface area contributed by atoms with Gasteiger partial charge in [0, 0.05) is 0 Å². The molecule has 0 spiro atoms. The van der Waals surface area contributed by atoms with E-state index >= 15 is 0 Å². The van der Waals surface area contributed by atoms with Crippen LogP contribution in [-0.4, -0.2) is 0 Å². The lowest BCUT2D eigenvalue weighted by Gasteiger charge is -2.08. The third kappa shape index (κ3) is 6.54. The summed E-state index contributed by atoms with van der Waals surface area (Å²) in [6, 6.07) is 0. The molecular formula is C15H26. The zero-order valence-corrected chi connectivity index (χ0v) is 10.1. The Morgan fingerprint density at radius 3 is 2.20 bits per heavy atom. The summed E-state index contributed by atoms with van der Waals surface area (Å²) >= 11 is 0. The Hall–Kier alpha value is -0.520. The van der Waals surface area contributed by atoms with Crippen LogP contribution in [0.5, 0.6) is 0 Å². The molecule has 86 valence electrons. The van der Waals surface area contributed by atoms with E-state index in [9.17, 15) is 0 Å². The van der Waals surface area contributed by atoms with Crippen molar-refractivity contribution in [2.24, 2.45) is 0 Å². The second-order valence-electron chi connectivity index (χ2n) is 4.72. The fourth-order valence-electron chi connectivity index (χ4n) is 2.34. The van der Waals surface area contributed by atoms with E-state index < -0.39 is 0 Å². The van der Waals surface area contributed by atoms with Crippen molar-refractivity contribution in [3.05, 3.63) is 24.3 Å². The third-order valence-corrected chi connectivity index (χ3v) is 3.29. The number of allylic oxidation sites excluding steroid dienone is 3. The fourth-order valence-corrected chi connectivity index (χ4v) is 2.34. The summed E-state index contributed by atoms with van der Waals surface area (Å²) < 4.78 is 0. The van der Waals surface area contributed by atoms with Crippen LogP contribution < -0.4 is 0 Å². The first-order valence-corrected chi connectivity index (χ1v) is 6.72. The Kier molecular flexibility index (Phi) is 7.33. The summed E-state index contributed by atoms with van der Waals surface area (Å²) in [5, 5.41) is 0. The Balaban J connectivity index is 2.34. The number of rotatable bonds is 2. The maximum Gasteiger partial charge on any atom is -0.0142 e. The Labute approximate surface area is 95.5 Å². The van der Waals surface area contributed by atoms with Gasteiger partial charge in [0.15, 0.2) is 0 Å². The van der Waals surface area contributed by atoms with Gasteiger partial charge in [0.2, 0.25) is 0 Å². The SMILES string of the molecule is C=CC/C1=C/CCCCCCCCCC1. The molecule has 1 rings (SSSR count). The van der Waals surface area contributed by atoms with E-state index in [4.69, 9.17) is 0 Å². The quantitative estimate of drug-likeness (QED) is 0.530. The molecule has 0 aromatic carbocycles. The fraction of sp³-hybridized carbons (Fsp3) is 0.733. The van der Waals surface area contributed by atoms with E-state index in [2.05, 4.69) is 18.7 Å². The van der Waals surface area contributed by atoms with E-state index in [0.29, 0.717) is 0 Å². The zero-order valence-electron chi connectivity index (χ0n) is 10.1. The summed E-state index contributed by atoms with van der Waals surface area (Å²) in [5.74, 6) is 0. The minimum absolute atomic E-state index is 1.11. The largest absolute Gasteiger partial charge is 0.103 e. The van der Waals surface area contributed by atoms with Crippen LogP contribution in [0.15, 0.2) is 24.3 Å². The van der Waals surface area contributed by atoms with E-state index in [1.54, 1.807) is 5.57 Å².